The first kappa shape index (κ1) is 15.7. The van der Waals surface area contributed by atoms with Crippen LogP contribution >= 0.6 is 11.8 Å². The van der Waals surface area contributed by atoms with Crippen LogP contribution < -0.4 is 0 Å². The quantitative estimate of drug-likeness (QED) is 0.643. The van der Waals surface area contributed by atoms with Gasteiger partial charge >= 0.3 is 0 Å². The van der Waals surface area contributed by atoms with Gasteiger partial charge in [0.05, 0.1) is 5.75 Å². The summed E-state index contributed by atoms with van der Waals surface area (Å²) in [5.41, 5.74) is 2.30. The van der Waals surface area contributed by atoms with Gasteiger partial charge in [0.1, 0.15) is 0 Å². The molecule has 0 saturated heterocycles. The molecule has 0 radical (unpaired) electrons. The predicted molar refractivity (Wildman–Crippen MR) is 89.1 cm³/mol. The monoisotopic (exact) mass is 329 g/mol. The molecule has 120 valence electrons. The smallest absolute Gasteiger partial charge is 0.237 e. The lowest BCUT2D eigenvalue weighted by Gasteiger charge is -2.08. The van der Waals surface area contributed by atoms with Crippen molar-refractivity contribution in [3.05, 3.63) is 41.5 Å². The van der Waals surface area contributed by atoms with E-state index < -0.39 is 0 Å². The predicted octanol–water partition coefficient (Wildman–Crippen LogP) is 3.65. The van der Waals surface area contributed by atoms with E-state index in [0.29, 0.717) is 17.5 Å². The molecule has 3 aromatic rings. The molecule has 7 heteroatoms. The Morgan fingerprint density at radius 2 is 2.09 bits per heavy atom. The summed E-state index contributed by atoms with van der Waals surface area (Å²) in [6, 6.07) is 8.33. The van der Waals surface area contributed by atoms with Gasteiger partial charge in [0.15, 0.2) is 16.8 Å². The van der Waals surface area contributed by atoms with Crippen LogP contribution in [0.2, 0.25) is 0 Å². The van der Waals surface area contributed by atoms with Gasteiger partial charge in [-0.25, -0.2) is 0 Å². The highest BCUT2D eigenvalue weighted by Crippen LogP contribution is 2.26. The van der Waals surface area contributed by atoms with Crippen molar-refractivity contribution < 1.29 is 4.52 Å². The highest BCUT2D eigenvalue weighted by atomic mass is 32.2. The minimum absolute atomic E-state index is 0.594. The van der Waals surface area contributed by atoms with E-state index >= 15 is 0 Å². The van der Waals surface area contributed by atoms with E-state index in [1.807, 2.05) is 13.0 Å². The van der Waals surface area contributed by atoms with Gasteiger partial charge in [0, 0.05) is 12.1 Å². The number of benzene rings is 1. The Hall–Kier alpha value is -2.15. The highest BCUT2D eigenvalue weighted by Gasteiger charge is 2.15. The summed E-state index contributed by atoms with van der Waals surface area (Å²) >= 11 is 1.57. The first-order valence-electron chi connectivity index (χ1n) is 7.59. The summed E-state index contributed by atoms with van der Waals surface area (Å²) in [5.74, 6) is 2.75. The van der Waals surface area contributed by atoms with Gasteiger partial charge in [-0.05, 0) is 26.3 Å². The standard InChI is InChI=1S/C16H19N5OS/c1-4-8-21-15(13-7-5-6-11(2)9-13)18-19-16(21)23-10-14-17-12(3)20-22-14/h5-7,9H,4,8,10H2,1-3H3. The maximum absolute atomic E-state index is 5.15. The average molecular weight is 329 g/mol. The van der Waals surface area contributed by atoms with E-state index in [2.05, 4.69) is 57.0 Å². The Kier molecular flexibility index (Phi) is 4.76. The fourth-order valence-electron chi connectivity index (χ4n) is 2.34. The number of aromatic nitrogens is 5. The van der Waals surface area contributed by atoms with Crippen molar-refractivity contribution in [3.8, 4) is 11.4 Å². The summed E-state index contributed by atoms with van der Waals surface area (Å²) in [6.45, 7) is 6.92. The van der Waals surface area contributed by atoms with Crippen molar-refractivity contribution in [2.75, 3.05) is 0 Å². The lowest BCUT2D eigenvalue weighted by molar-refractivity contribution is 0.387. The minimum Gasteiger partial charge on any atom is -0.338 e. The van der Waals surface area contributed by atoms with Gasteiger partial charge in [-0.2, -0.15) is 4.98 Å². The summed E-state index contributed by atoms with van der Waals surface area (Å²) < 4.78 is 7.31. The van der Waals surface area contributed by atoms with Crippen molar-refractivity contribution in [3.63, 3.8) is 0 Å². The van der Waals surface area contributed by atoms with Gasteiger partial charge in [-0.15, -0.1) is 10.2 Å². The molecular formula is C16H19N5OS. The Morgan fingerprint density at radius 3 is 2.78 bits per heavy atom. The SMILES string of the molecule is CCCn1c(SCc2nc(C)no2)nnc1-c1cccc(C)c1. The number of thioether (sulfide) groups is 1. The van der Waals surface area contributed by atoms with Crippen molar-refractivity contribution in [1.82, 2.24) is 24.9 Å². The zero-order chi connectivity index (χ0) is 16.2. The Balaban J connectivity index is 1.86. The zero-order valence-corrected chi connectivity index (χ0v) is 14.3. The molecule has 0 aliphatic rings. The van der Waals surface area contributed by atoms with Crippen molar-refractivity contribution in [2.24, 2.45) is 0 Å². The van der Waals surface area contributed by atoms with Gasteiger partial charge < -0.3 is 9.09 Å². The highest BCUT2D eigenvalue weighted by molar-refractivity contribution is 7.98. The minimum atomic E-state index is 0.594. The third kappa shape index (κ3) is 3.61. The molecule has 0 N–H and O–H groups in total. The van der Waals surface area contributed by atoms with Crippen LogP contribution in [0.4, 0.5) is 0 Å². The summed E-state index contributed by atoms with van der Waals surface area (Å²) in [4.78, 5) is 4.22. The lowest BCUT2D eigenvalue weighted by Crippen LogP contribution is -2.02. The molecule has 2 aromatic heterocycles. The third-order valence-corrected chi connectivity index (χ3v) is 4.29. The Labute approximate surface area is 139 Å². The number of hydrogen-bond donors (Lipinski definition) is 0. The van der Waals surface area contributed by atoms with Crippen LogP contribution in [0.25, 0.3) is 11.4 Å². The summed E-state index contributed by atoms with van der Waals surface area (Å²) in [5, 5.41) is 13.4. The molecule has 0 fully saturated rings. The van der Waals surface area contributed by atoms with E-state index in [9.17, 15) is 0 Å². The Morgan fingerprint density at radius 1 is 1.22 bits per heavy atom. The first-order valence-corrected chi connectivity index (χ1v) is 8.58. The number of nitrogens with zero attached hydrogens (tertiary/aromatic N) is 5. The molecule has 0 unspecified atom stereocenters. The topological polar surface area (TPSA) is 69.6 Å². The van der Waals surface area contributed by atoms with E-state index in [1.165, 1.54) is 5.56 Å². The molecule has 0 amide bonds. The average Bonchev–Trinajstić information content (AvgIpc) is 3.12. The van der Waals surface area contributed by atoms with Crippen LogP contribution in [0.1, 0.15) is 30.6 Å². The van der Waals surface area contributed by atoms with E-state index in [1.54, 1.807) is 11.8 Å². The van der Waals surface area contributed by atoms with Crippen molar-refractivity contribution in [2.45, 2.75) is 44.6 Å². The van der Waals surface area contributed by atoms with Gasteiger partial charge in [0.2, 0.25) is 5.89 Å². The number of rotatable bonds is 6. The van der Waals surface area contributed by atoms with Gasteiger partial charge in [-0.3, -0.25) is 0 Å². The van der Waals surface area contributed by atoms with Crippen molar-refractivity contribution >= 4 is 11.8 Å². The fourth-order valence-corrected chi connectivity index (χ4v) is 3.15. The van der Waals surface area contributed by atoms with Crippen LogP contribution in [0.3, 0.4) is 0 Å². The molecule has 0 atom stereocenters. The fraction of sp³-hybridized carbons (Fsp3) is 0.375. The van der Waals surface area contributed by atoms with Crippen molar-refractivity contribution in [1.29, 1.82) is 0 Å². The molecule has 0 aliphatic carbocycles. The zero-order valence-electron chi connectivity index (χ0n) is 13.5. The van der Waals surface area contributed by atoms with Crippen LogP contribution in [0.15, 0.2) is 33.9 Å². The maximum atomic E-state index is 5.15. The third-order valence-electron chi connectivity index (χ3n) is 3.33. The van der Waals surface area contributed by atoms with E-state index in [0.717, 1.165) is 29.5 Å². The number of aryl methyl sites for hydroxylation is 2. The molecule has 0 bridgehead atoms. The van der Waals surface area contributed by atoms with E-state index in [-0.39, 0.29) is 0 Å². The second kappa shape index (κ2) is 6.95. The van der Waals surface area contributed by atoms with Gasteiger partial charge in [-0.1, -0.05) is 47.6 Å². The molecule has 23 heavy (non-hydrogen) atoms. The number of hydrogen-bond acceptors (Lipinski definition) is 6. The van der Waals surface area contributed by atoms with Crippen LogP contribution in [-0.4, -0.2) is 24.9 Å². The maximum Gasteiger partial charge on any atom is 0.237 e. The largest absolute Gasteiger partial charge is 0.338 e. The lowest BCUT2D eigenvalue weighted by atomic mass is 10.1. The van der Waals surface area contributed by atoms with Crippen LogP contribution in [-0.2, 0) is 12.3 Å². The summed E-state index contributed by atoms with van der Waals surface area (Å²) in [6.07, 6.45) is 1.02. The molecule has 3 rings (SSSR count). The second-order valence-corrected chi connectivity index (χ2v) is 6.29. The molecule has 6 nitrogen and oxygen atoms in total. The summed E-state index contributed by atoms with van der Waals surface area (Å²) in [7, 11) is 0. The molecule has 2 heterocycles. The molecular weight excluding hydrogens is 310 g/mol. The van der Waals surface area contributed by atoms with Gasteiger partial charge in [0.25, 0.3) is 0 Å². The molecule has 1 aromatic carbocycles. The van der Waals surface area contributed by atoms with Crippen LogP contribution in [0.5, 0.6) is 0 Å². The Bertz CT molecular complexity index is 795. The molecule has 0 spiro atoms. The van der Waals surface area contributed by atoms with Crippen LogP contribution in [0, 0.1) is 13.8 Å². The normalized spacial score (nSPS) is 11.1. The molecule has 0 saturated carbocycles. The second-order valence-electron chi connectivity index (χ2n) is 5.35. The van der Waals surface area contributed by atoms with E-state index in [4.69, 9.17) is 4.52 Å². The molecule has 0 aliphatic heterocycles. The first-order chi connectivity index (χ1) is 11.2.